The van der Waals surface area contributed by atoms with Gasteiger partial charge in [-0.05, 0) is 60.2 Å². The van der Waals surface area contributed by atoms with E-state index >= 15 is 0 Å². The lowest BCUT2D eigenvalue weighted by Gasteiger charge is -2.08. The summed E-state index contributed by atoms with van der Waals surface area (Å²) in [7, 11) is 0. The van der Waals surface area contributed by atoms with Crippen LogP contribution in [0.2, 0.25) is 0 Å². The van der Waals surface area contributed by atoms with Gasteiger partial charge in [0.2, 0.25) is 0 Å². The normalized spacial score (nSPS) is 10.6. The van der Waals surface area contributed by atoms with E-state index in [1.165, 1.54) is 6.07 Å². The molecule has 35 heavy (non-hydrogen) atoms. The molecule has 0 aliphatic heterocycles. The molecule has 5 rings (SSSR count). The fourth-order valence-corrected chi connectivity index (χ4v) is 3.62. The van der Waals surface area contributed by atoms with Gasteiger partial charge in [-0.15, -0.1) is 0 Å². The highest BCUT2D eigenvalue weighted by Gasteiger charge is 2.12. The first-order valence-electron chi connectivity index (χ1n) is 10.9. The summed E-state index contributed by atoms with van der Waals surface area (Å²) in [6.45, 7) is 0. The van der Waals surface area contributed by atoms with Gasteiger partial charge in [0.15, 0.2) is 0 Å². The predicted molar refractivity (Wildman–Crippen MR) is 134 cm³/mol. The lowest BCUT2D eigenvalue weighted by molar-refractivity contribution is 0.0734. The number of hydrogen-bond donors (Lipinski definition) is 1. The molecule has 5 aromatic rings. The van der Waals surface area contributed by atoms with Crippen LogP contribution in [0.25, 0.3) is 22.1 Å². The summed E-state index contributed by atoms with van der Waals surface area (Å²) in [6, 6.07) is 31.1. The topological polar surface area (TPSA) is 85.6 Å². The Kier molecular flexibility index (Phi) is 5.92. The first kappa shape index (κ1) is 21.9. The average molecular weight is 461 g/mol. The monoisotopic (exact) mass is 461 g/mol. The van der Waals surface area contributed by atoms with Crippen LogP contribution in [-0.4, -0.2) is 11.9 Å². The van der Waals surface area contributed by atoms with Gasteiger partial charge in [0, 0.05) is 22.7 Å². The number of anilines is 1. The van der Waals surface area contributed by atoms with Crippen LogP contribution in [0.15, 0.2) is 118 Å². The van der Waals surface area contributed by atoms with E-state index in [1.807, 2.05) is 12.1 Å². The summed E-state index contributed by atoms with van der Waals surface area (Å²) in [5.41, 5.74) is 2.41. The quantitative estimate of drug-likeness (QED) is 0.199. The third-order valence-electron chi connectivity index (χ3n) is 5.42. The Bertz CT molecular complexity index is 1570. The van der Waals surface area contributed by atoms with Gasteiger partial charge in [0.25, 0.3) is 5.91 Å². The van der Waals surface area contributed by atoms with Gasteiger partial charge >= 0.3 is 11.6 Å². The van der Waals surface area contributed by atoms with Gasteiger partial charge in [0.1, 0.15) is 11.3 Å². The molecule has 0 bridgehead atoms. The summed E-state index contributed by atoms with van der Waals surface area (Å²) in [5, 5.41) is 3.51. The maximum Gasteiger partial charge on any atom is 0.344 e. The molecule has 0 unspecified atom stereocenters. The summed E-state index contributed by atoms with van der Waals surface area (Å²) < 4.78 is 10.9. The molecule has 0 saturated heterocycles. The lowest BCUT2D eigenvalue weighted by Crippen LogP contribution is -2.11. The zero-order valence-electron chi connectivity index (χ0n) is 18.4. The van der Waals surface area contributed by atoms with Gasteiger partial charge in [-0.3, -0.25) is 4.79 Å². The maximum absolute atomic E-state index is 12.7. The highest BCUT2D eigenvalue weighted by Crippen LogP contribution is 2.26. The Hall–Kier alpha value is -4.97. The molecule has 1 aromatic heterocycles. The zero-order valence-corrected chi connectivity index (χ0v) is 18.4. The molecule has 0 aliphatic carbocycles. The van der Waals surface area contributed by atoms with Crippen molar-refractivity contribution in [3.63, 3.8) is 0 Å². The van der Waals surface area contributed by atoms with Crippen LogP contribution in [0.1, 0.15) is 20.7 Å². The van der Waals surface area contributed by atoms with Crippen molar-refractivity contribution in [3.8, 4) is 16.9 Å². The first-order chi connectivity index (χ1) is 17.1. The van der Waals surface area contributed by atoms with Gasteiger partial charge in [-0.25, -0.2) is 9.59 Å². The Labute approximate surface area is 200 Å². The number of fused-ring (bicyclic) bond motifs is 1. The minimum absolute atomic E-state index is 0.215. The van der Waals surface area contributed by atoms with Crippen LogP contribution >= 0.6 is 0 Å². The maximum atomic E-state index is 12.7. The molecule has 1 N–H and O–H groups in total. The molecule has 6 nitrogen and oxygen atoms in total. The smallest absolute Gasteiger partial charge is 0.344 e. The Balaban J connectivity index is 1.35. The number of nitrogens with one attached hydrogen (secondary N) is 1. The molecule has 0 atom stereocenters. The van der Waals surface area contributed by atoms with Crippen LogP contribution in [0, 0.1) is 0 Å². The number of ether oxygens (including phenoxy) is 1. The average Bonchev–Trinajstić information content (AvgIpc) is 2.90. The third kappa shape index (κ3) is 4.86. The second-order valence-electron chi connectivity index (χ2n) is 7.80. The minimum Gasteiger partial charge on any atom is -0.423 e. The predicted octanol–water partition coefficient (Wildman–Crippen LogP) is 5.93. The molecule has 170 valence electrons. The van der Waals surface area contributed by atoms with E-state index in [4.69, 9.17) is 9.15 Å². The molecule has 0 fully saturated rings. The largest absolute Gasteiger partial charge is 0.423 e. The van der Waals surface area contributed by atoms with E-state index in [2.05, 4.69) is 5.32 Å². The standard InChI is InChI=1S/C29H19NO5/c31-27(20-7-3-1-4-8-20)30-23-14-11-19(12-15-23)25-17-22-13-16-24(18-26(22)35-29(25)33)34-28(32)21-9-5-2-6-10-21/h1-18H,(H,30,31). The number of amides is 1. The first-order valence-corrected chi connectivity index (χ1v) is 10.9. The van der Waals surface area contributed by atoms with Gasteiger partial charge in [-0.2, -0.15) is 0 Å². The molecular weight excluding hydrogens is 442 g/mol. The van der Waals surface area contributed by atoms with Crippen molar-refractivity contribution >= 4 is 28.5 Å². The number of carbonyl (C=O) groups excluding carboxylic acids is 2. The number of esters is 1. The molecule has 6 heteroatoms. The third-order valence-corrected chi connectivity index (χ3v) is 5.42. The van der Waals surface area contributed by atoms with Crippen molar-refractivity contribution in [1.29, 1.82) is 0 Å². The molecular formula is C29H19NO5. The van der Waals surface area contributed by atoms with E-state index in [0.29, 0.717) is 38.9 Å². The summed E-state index contributed by atoms with van der Waals surface area (Å²) in [5.74, 6) is -0.434. The molecule has 0 spiro atoms. The van der Waals surface area contributed by atoms with E-state index in [0.717, 1.165) is 0 Å². The SMILES string of the molecule is O=C(Nc1ccc(-c2cc3ccc(OC(=O)c4ccccc4)cc3oc2=O)cc1)c1ccccc1. The Morgan fingerprint density at radius 1 is 0.714 bits per heavy atom. The second-order valence-corrected chi connectivity index (χ2v) is 7.80. The molecule has 4 aromatic carbocycles. The molecule has 1 amide bonds. The number of rotatable bonds is 5. The second kappa shape index (κ2) is 9.49. The van der Waals surface area contributed by atoms with Crippen LogP contribution in [-0.2, 0) is 0 Å². The molecule has 1 heterocycles. The van der Waals surface area contributed by atoms with E-state index in [-0.39, 0.29) is 11.7 Å². The minimum atomic E-state index is -0.523. The van der Waals surface area contributed by atoms with E-state index in [1.54, 1.807) is 91.0 Å². The van der Waals surface area contributed by atoms with Gasteiger partial charge < -0.3 is 14.5 Å². The fourth-order valence-electron chi connectivity index (χ4n) is 3.62. The van der Waals surface area contributed by atoms with Crippen LogP contribution in [0.5, 0.6) is 5.75 Å². The number of carbonyl (C=O) groups is 2. The van der Waals surface area contributed by atoms with Crippen LogP contribution < -0.4 is 15.7 Å². The summed E-state index contributed by atoms with van der Waals surface area (Å²) in [4.78, 5) is 37.3. The number of hydrogen-bond acceptors (Lipinski definition) is 5. The highest BCUT2D eigenvalue weighted by atomic mass is 16.5. The van der Waals surface area contributed by atoms with Crippen LogP contribution in [0.4, 0.5) is 5.69 Å². The van der Waals surface area contributed by atoms with E-state index < -0.39 is 11.6 Å². The van der Waals surface area contributed by atoms with Crippen molar-refractivity contribution in [1.82, 2.24) is 0 Å². The van der Waals surface area contributed by atoms with Crippen molar-refractivity contribution in [2.45, 2.75) is 0 Å². The Morgan fingerprint density at radius 3 is 2.06 bits per heavy atom. The molecule has 0 radical (unpaired) electrons. The van der Waals surface area contributed by atoms with Crippen molar-refractivity contribution < 1.29 is 18.7 Å². The van der Waals surface area contributed by atoms with Crippen molar-refractivity contribution in [2.75, 3.05) is 5.32 Å². The lowest BCUT2D eigenvalue weighted by atomic mass is 10.1. The number of benzene rings is 4. The van der Waals surface area contributed by atoms with Gasteiger partial charge in [0.05, 0.1) is 11.1 Å². The van der Waals surface area contributed by atoms with Crippen LogP contribution in [0.3, 0.4) is 0 Å². The molecule has 0 aliphatic rings. The highest BCUT2D eigenvalue weighted by molar-refractivity contribution is 6.04. The summed E-state index contributed by atoms with van der Waals surface area (Å²) >= 11 is 0. The molecule has 0 saturated carbocycles. The van der Waals surface area contributed by atoms with Crippen molar-refractivity contribution in [3.05, 3.63) is 131 Å². The van der Waals surface area contributed by atoms with Crippen molar-refractivity contribution in [2.24, 2.45) is 0 Å². The van der Waals surface area contributed by atoms with E-state index in [9.17, 15) is 14.4 Å². The van der Waals surface area contributed by atoms with Gasteiger partial charge in [-0.1, -0.05) is 48.5 Å². The Morgan fingerprint density at radius 2 is 1.37 bits per heavy atom. The zero-order chi connectivity index (χ0) is 24.2. The fraction of sp³-hybridized carbons (Fsp3) is 0. The summed E-state index contributed by atoms with van der Waals surface area (Å²) in [6.07, 6.45) is 0.